The van der Waals surface area contributed by atoms with Gasteiger partial charge in [-0.3, -0.25) is 14.9 Å². The maximum atomic E-state index is 13.0. The highest BCUT2D eigenvalue weighted by Crippen LogP contribution is 2.29. The maximum absolute atomic E-state index is 13.0. The van der Waals surface area contributed by atoms with Crippen LogP contribution in [0.4, 0.5) is 5.13 Å². The van der Waals surface area contributed by atoms with Crippen LogP contribution in [0.1, 0.15) is 46.9 Å². The fraction of sp³-hybridized carbons (Fsp3) is 0.320. The monoisotopic (exact) mass is 474 g/mol. The van der Waals surface area contributed by atoms with Gasteiger partial charge in [0.25, 0.3) is 5.91 Å². The summed E-state index contributed by atoms with van der Waals surface area (Å²) < 4.78 is 1.67. The van der Waals surface area contributed by atoms with Gasteiger partial charge in [-0.05, 0) is 31.0 Å². The van der Waals surface area contributed by atoms with Gasteiger partial charge in [0.15, 0.2) is 10.9 Å². The fourth-order valence-electron chi connectivity index (χ4n) is 4.14. The molecule has 34 heavy (non-hydrogen) atoms. The Balaban J connectivity index is 1.32. The van der Waals surface area contributed by atoms with E-state index in [1.807, 2.05) is 62.1 Å². The van der Waals surface area contributed by atoms with E-state index in [0.29, 0.717) is 54.1 Å². The largest absolute Gasteiger partial charge is 0.337 e. The normalized spacial score (nSPS) is 13.4. The minimum absolute atomic E-state index is 0.171. The van der Waals surface area contributed by atoms with Crippen molar-refractivity contribution in [2.75, 3.05) is 11.9 Å². The number of hydrogen-bond donors (Lipinski definition) is 1. The van der Waals surface area contributed by atoms with Crippen LogP contribution in [0.3, 0.4) is 0 Å². The highest BCUT2D eigenvalue weighted by Gasteiger charge is 2.25. The molecule has 0 radical (unpaired) electrons. The number of pyridine rings is 1. The quantitative estimate of drug-likeness (QED) is 0.464. The molecule has 1 N–H and O–H groups in total. The Kier molecular flexibility index (Phi) is 5.87. The molecule has 0 atom stereocenters. The SMILES string of the molecule is Cc1c(C(=O)Nc2nc3c(s2)CN(C(=O)CC(C)C)CC3)cnn1-c1ccc2ccccc2n1. The number of benzene rings is 1. The Bertz CT molecular complexity index is 1390. The van der Waals surface area contributed by atoms with Gasteiger partial charge in [-0.25, -0.2) is 14.6 Å². The van der Waals surface area contributed by atoms with Crippen molar-refractivity contribution in [3.8, 4) is 5.82 Å². The smallest absolute Gasteiger partial charge is 0.260 e. The van der Waals surface area contributed by atoms with Gasteiger partial charge in [-0.1, -0.05) is 43.4 Å². The number of nitrogens with zero attached hydrogens (tertiary/aromatic N) is 5. The second-order valence-electron chi connectivity index (χ2n) is 8.92. The molecule has 0 aliphatic carbocycles. The first-order chi connectivity index (χ1) is 16.4. The third kappa shape index (κ3) is 4.31. The van der Waals surface area contributed by atoms with E-state index in [0.717, 1.165) is 21.5 Å². The van der Waals surface area contributed by atoms with Gasteiger partial charge in [0, 0.05) is 29.6 Å². The molecule has 8 nitrogen and oxygen atoms in total. The fourth-order valence-corrected chi connectivity index (χ4v) is 5.16. The van der Waals surface area contributed by atoms with Crippen molar-refractivity contribution in [1.82, 2.24) is 24.6 Å². The van der Waals surface area contributed by atoms with Crippen molar-refractivity contribution in [3.63, 3.8) is 0 Å². The number of amides is 2. The summed E-state index contributed by atoms with van der Waals surface area (Å²) >= 11 is 1.43. The molecule has 1 aliphatic heterocycles. The van der Waals surface area contributed by atoms with Crippen molar-refractivity contribution >= 4 is 39.2 Å². The zero-order valence-corrected chi connectivity index (χ0v) is 20.2. The van der Waals surface area contributed by atoms with Gasteiger partial charge in [0.1, 0.15) is 0 Å². The highest BCUT2D eigenvalue weighted by molar-refractivity contribution is 7.15. The van der Waals surface area contributed by atoms with Gasteiger partial charge < -0.3 is 4.90 Å². The summed E-state index contributed by atoms with van der Waals surface area (Å²) in [5, 5.41) is 8.92. The molecule has 1 aliphatic rings. The number of aromatic nitrogens is 4. The van der Waals surface area contributed by atoms with Crippen LogP contribution in [-0.4, -0.2) is 43.0 Å². The molecule has 0 fully saturated rings. The minimum Gasteiger partial charge on any atom is -0.337 e. The van der Waals surface area contributed by atoms with Crippen LogP contribution < -0.4 is 5.32 Å². The number of thiazole rings is 1. The Labute approximate surface area is 201 Å². The first kappa shape index (κ1) is 22.2. The van der Waals surface area contributed by atoms with Gasteiger partial charge >= 0.3 is 0 Å². The number of hydrogen-bond acceptors (Lipinski definition) is 6. The predicted octanol–water partition coefficient (Wildman–Crippen LogP) is 4.37. The molecular weight excluding hydrogens is 448 g/mol. The molecule has 9 heteroatoms. The lowest BCUT2D eigenvalue weighted by Crippen LogP contribution is -2.36. The zero-order valence-electron chi connectivity index (χ0n) is 19.4. The van der Waals surface area contributed by atoms with E-state index in [-0.39, 0.29) is 11.8 Å². The van der Waals surface area contributed by atoms with E-state index in [4.69, 9.17) is 0 Å². The van der Waals surface area contributed by atoms with E-state index in [1.54, 1.807) is 10.9 Å². The Morgan fingerprint density at radius 1 is 1.15 bits per heavy atom. The molecule has 1 aromatic carbocycles. The van der Waals surface area contributed by atoms with Crippen molar-refractivity contribution in [1.29, 1.82) is 0 Å². The third-order valence-corrected chi connectivity index (χ3v) is 6.94. The number of anilines is 1. The zero-order chi connectivity index (χ0) is 23.8. The molecule has 5 rings (SSSR count). The second-order valence-corrected chi connectivity index (χ2v) is 10.0. The number of carbonyl (C=O) groups excluding carboxylic acids is 2. The van der Waals surface area contributed by atoms with Gasteiger partial charge in [0.2, 0.25) is 5.91 Å². The van der Waals surface area contributed by atoms with Crippen LogP contribution in [0.2, 0.25) is 0 Å². The Morgan fingerprint density at radius 2 is 1.97 bits per heavy atom. The summed E-state index contributed by atoms with van der Waals surface area (Å²) in [5.41, 5.74) is 3.00. The molecule has 3 aromatic heterocycles. The molecule has 4 heterocycles. The number of para-hydroxylation sites is 1. The molecule has 4 aromatic rings. The molecule has 2 amide bonds. The maximum Gasteiger partial charge on any atom is 0.260 e. The summed E-state index contributed by atoms with van der Waals surface area (Å²) in [7, 11) is 0. The van der Waals surface area contributed by atoms with Crippen LogP contribution in [0.5, 0.6) is 0 Å². The number of nitrogens with one attached hydrogen (secondary N) is 1. The van der Waals surface area contributed by atoms with Crippen LogP contribution in [0.15, 0.2) is 42.6 Å². The van der Waals surface area contributed by atoms with Crippen molar-refractivity contribution in [3.05, 3.63) is 64.4 Å². The summed E-state index contributed by atoms with van der Waals surface area (Å²) in [6, 6.07) is 11.8. The molecule has 0 saturated heterocycles. The lowest BCUT2D eigenvalue weighted by Gasteiger charge is -2.26. The second kappa shape index (κ2) is 8.98. The summed E-state index contributed by atoms with van der Waals surface area (Å²) in [6.45, 7) is 7.17. The van der Waals surface area contributed by atoms with E-state index >= 15 is 0 Å². The lowest BCUT2D eigenvalue weighted by atomic mass is 10.1. The van der Waals surface area contributed by atoms with E-state index < -0.39 is 0 Å². The van der Waals surface area contributed by atoms with Crippen LogP contribution >= 0.6 is 11.3 Å². The Hall–Kier alpha value is -3.59. The molecule has 0 spiro atoms. The molecule has 0 bridgehead atoms. The van der Waals surface area contributed by atoms with Gasteiger partial charge in [-0.2, -0.15) is 5.10 Å². The average molecular weight is 475 g/mol. The van der Waals surface area contributed by atoms with Gasteiger partial charge in [-0.15, -0.1) is 0 Å². The van der Waals surface area contributed by atoms with Crippen LogP contribution in [0, 0.1) is 12.8 Å². The average Bonchev–Trinajstić information content (AvgIpc) is 3.40. The first-order valence-corrected chi connectivity index (χ1v) is 12.2. The van der Waals surface area contributed by atoms with Crippen molar-refractivity contribution < 1.29 is 9.59 Å². The van der Waals surface area contributed by atoms with Gasteiger partial charge in [0.05, 0.1) is 35.2 Å². The third-order valence-electron chi connectivity index (χ3n) is 5.94. The molecule has 174 valence electrons. The topological polar surface area (TPSA) is 93.0 Å². The van der Waals surface area contributed by atoms with E-state index in [1.165, 1.54) is 11.3 Å². The summed E-state index contributed by atoms with van der Waals surface area (Å²) in [6.07, 6.45) is 2.81. The van der Waals surface area contributed by atoms with Crippen molar-refractivity contribution in [2.45, 2.75) is 40.2 Å². The lowest BCUT2D eigenvalue weighted by molar-refractivity contribution is -0.132. The highest BCUT2D eigenvalue weighted by atomic mass is 32.1. The predicted molar refractivity (Wildman–Crippen MR) is 132 cm³/mol. The minimum atomic E-state index is -0.261. The van der Waals surface area contributed by atoms with Crippen LogP contribution in [0.25, 0.3) is 16.7 Å². The Morgan fingerprint density at radius 3 is 2.79 bits per heavy atom. The van der Waals surface area contributed by atoms with E-state index in [2.05, 4.69) is 20.4 Å². The summed E-state index contributed by atoms with van der Waals surface area (Å²) in [4.78, 5) is 37.7. The van der Waals surface area contributed by atoms with Crippen molar-refractivity contribution in [2.24, 2.45) is 5.92 Å². The molecule has 0 saturated carbocycles. The summed E-state index contributed by atoms with van der Waals surface area (Å²) in [5.74, 6) is 0.902. The molecule has 0 unspecified atom stereocenters. The standard InChI is InChI=1S/C25H26N6O2S/c1-15(2)12-23(32)30-11-10-20-21(14-30)34-25(28-20)29-24(33)18-13-26-31(16(18)3)22-9-8-17-6-4-5-7-19(17)27-22/h4-9,13,15H,10-12,14H2,1-3H3,(H,28,29,33). The van der Waals surface area contributed by atoms with Crippen LogP contribution in [-0.2, 0) is 17.8 Å². The first-order valence-electron chi connectivity index (χ1n) is 11.4. The van der Waals surface area contributed by atoms with E-state index in [9.17, 15) is 9.59 Å². The number of fused-ring (bicyclic) bond motifs is 2. The number of rotatable bonds is 5. The number of carbonyl (C=O) groups is 2. The molecular formula is C25H26N6O2S.